The molecule has 0 aromatic heterocycles. The van der Waals surface area contributed by atoms with Crippen molar-refractivity contribution in [3.63, 3.8) is 0 Å². The molecule has 0 aliphatic rings. The topological polar surface area (TPSA) is 30.5 Å². The lowest BCUT2D eigenvalue weighted by Gasteiger charge is -2.17. The van der Waals surface area contributed by atoms with Crippen LogP contribution in [0.2, 0.25) is 0 Å². The van der Waals surface area contributed by atoms with Crippen LogP contribution < -0.4 is 14.8 Å². The van der Waals surface area contributed by atoms with Crippen LogP contribution in [0.1, 0.15) is 35.6 Å². The van der Waals surface area contributed by atoms with Crippen molar-refractivity contribution in [1.82, 2.24) is 5.32 Å². The lowest BCUT2D eigenvalue weighted by molar-refractivity contribution is 0.282. The number of nitrogens with one attached hydrogen (secondary N) is 1. The highest BCUT2D eigenvalue weighted by atomic mass is 79.9. The third-order valence-electron chi connectivity index (χ3n) is 5.12. The van der Waals surface area contributed by atoms with Gasteiger partial charge in [-0.05, 0) is 71.4 Å². The van der Waals surface area contributed by atoms with Gasteiger partial charge in [0.25, 0.3) is 0 Å². The molecule has 1 N–H and O–H groups in total. The highest BCUT2D eigenvalue weighted by Gasteiger charge is 2.13. The van der Waals surface area contributed by atoms with Gasteiger partial charge in [-0.1, -0.05) is 60.2 Å². The summed E-state index contributed by atoms with van der Waals surface area (Å²) in [6.45, 7) is 5.60. The minimum atomic E-state index is 0.423. The Labute approximate surface area is 188 Å². The third kappa shape index (κ3) is 6.61. The average Bonchev–Trinajstić information content (AvgIpc) is 2.76. The first-order valence-corrected chi connectivity index (χ1v) is 11.2. The second-order valence-corrected chi connectivity index (χ2v) is 8.55. The predicted octanol–water partition coefficient (Wildman–Crippen LogP) is 6.46. The zero-order valence-corrected chi connectivity index (χ0v) is 19.5. The van der Waals surface area contributed by atoms with Crippen molar-refractivity contribution >= 4 is 15.9 Å². The van der Waals surface area contributed by atoms with Gasteiger partial charge < -0.3 is 14.8 Å². The molecule has 0 aliphatic heterocycles. The van der Waals surface area contributed by atoms with Gasteiger partial charge in [-0.3, -0.25) is 0 Å². The van der Waals surface area contributed by atoms with Gasteiger partial charge in [0.2, 0.25) is 0 Å². The van der Waals surface area contributed by atoms with E-state index in [-0.39, 0.29) is 0 Å². The monoisotopic (exact) mass is 467 g/mol. The van der Waals surface area contributed by atoms with Crippen molar-refractivity contribution in [3.8, 4) is 11.5 Å². The highest BCUT2D eigenvalue weighted by molar-refractivity contribution is 9.10. The van der Waals surface area contributed by atoms with E-state index in [0.717, 1.165) is 46.5 Å². The average molecular weight is 468 g/mol. The van der Waals surface area contributed by atoms with Crippen LogP contribution in [0.3, 0.4) is 0 Å². The largest absolute Gasteiger partial charge is 0.493 e. The SMILES string of the molecule is COc1cc(CN[C@@H](C)CCc2ccccc2)cc(Br)c1OCc1cccc(C)c1. The summed E-state index contributed by atoms with van der Waals surface area (Å²) < 4.78 is 12.6. The molecule has 3 aromatic carbocycles. The smallest absolute Gasteiger partial charge is 0.175 e. The standard InChI is InChI=1S/C26H30BrNO2/c1-19-8-7-11-22(14-19)18-30-26-24(27)15-23(16-25(26)29-3)17-28-20(2)12-13-21-9-5-4-6-10-21/h4-11,14-16,20,28H,12-13,17-18H2,1-3H3/t20-/m0/s1. The molecule has 0 aliphatic carbocycles. The molecule has 0 bridgehead atoms. The molecule has 1 atom stereocenters. The Morgan fingerprint density at radius 3 is 2.43 bits per heavy atom. The summed E-state index contributed by atoms with van der Waals surface area (Å²) in [4.78, 5) is 0. The molecule has 0 fully saturated rings. The summed E-state index contributed by atoms with van der Waals surface area (Å²) in [6, 6.07) is 23.5. The van der Waals surface area contributed by atoms with Crippen LogP contribution in [0.25, 0.3) is 0 Å². The summed E-state index contributed by atoms with van der Waals surface area (Å²) in [5.41, 5.74) is 4.91. The first-order valence-electron chi connectivity index (χ1n) is 10.4. The van der Waals surface area contributed by atoms with Crippen LogP contribution >= 0.6 is 15.9 Å². The van der Waals surface area contributed by atoms with Crippen LogP contribution in [-0.4, -0.2) is 13.2 Å². The molecular formula is C26H30BrNO2. The summed E-state index contributed by atoms with van der Waals surface area (Å²) >= 11 is 3.66. The summed E-state index contributed by atoms with van der Waals surface area (Å²) in [5.74, 6) is 1.48. The van der Waals surface area contributed by atoms with Gasteiger partial charge >= 0.3 is 0 Å². The second kappa shape index (κ2) is 11.2. The van der Waals surface area contributed by atoms with Crippen molar-refractivity contribution in [3.05, 3.63) is 93.5 Å². The molecule has 0 heterocycles. The zero-order valence-electron chi connectivity index (χ0n) is 18.0. The summed E-state index contributed by atoms with van der Waals surface area (Å²) in [5, 5.41) is 3.61. The Bertz CT molecular complexity index is 943. The van der Waals surface area contributed by atoms with Crippen LogP contribution in [0, 0.1) is 6.92 Å². The zero-order chi connectivity index (χ0) is 21.3. The summed E-state index contributed by atoms with van der Waals surface area (Å²) in [7, 11) is 1.68. The normalized spacial score (nSPS) is 11.9. The van der Waals surface area contributed by atoms with E-state index in [9.17, 15) is 0 Å². The predicted molar refractivity (Wildman–Crippen MR) is 127 cm³/mol. The van der Waals surface area contributed by atoms with Crippen LogP contribution in [0.5, 0.6) is 11.5 Å². The molecule has 0 spiro atoms. The Hall–Kier alpha value is -2.30. The molecule has 0 unspecified atom stereocenters. The van der Waals surface area contributed by atoms with Crippen LogP contribution in [0.4, 0.5) is 0 Å². The van der Waals surface area contributed by atoms with Gasteiger partial charge in [-0.2, -0.15) is 0 Å². The lowest BCUT2D eigenvalue weighted by atomic mass is 10.1. The number of halogens is 1. The van der Waals surface area contributed by atoms with E-state index in [1.165, 1.54) is 11.1 Å². The minimum Gasteiger partial charge on any atom is -0.493 e. The Morgan fingerprint density at radius 2 is 1.70 bits per heavy atom. The number of ether oxygens (including phenoxy) is 2. The maximum absolute atomic E-state index is 6.08. The van der Waals surface area contributed by atoms with E-state index >= 15 is 0 Å². The fraction of sp³-hybridized carbons (Fsp3) is 0.308. The molecule has 3 rings (SSSR count). The molecule has 30 heavy (non-hydrogen) atoms. The number of rotatable bonds is 10. The highest BCUT2D eigenvalue weighted by Crippen LogP contribution is 2.37. The number of benzene rings is 3. The van der Waals surface area contributed by atoms with E-state index < -0.39 is 0 Å². The van der Waals surface area contributed by atoms with Crippen molar-refractivity contribution in [2.75, 3.05) is 7.11 Å². The molecule has 0 amide bonds. The Kier molecular flexibility index (Phi) is 8.35. The quantitative estimate of drug-likeness (QED) is 0.371. The summed E-state index contributed by atoms with van der Waals surface area (Å²) in [6.07, 6.45) is 2.17. The molecule has 0 saturated carbocycles. The number of hydrogen-bond donors (Lipinski definition) is 1. The minimum absolute atomic E-state index is 0.423. The maximum atomic E-state index is 6.08. The molecule has 0 saturated heterocycles. The van der Waals surface area contributed by atoms with Gasteiger partial charge in [0, 0.05) is 12.6 Å². The third-order valence-corrected chi connectivity index (χ3v) is 5.71. The van der Waals surface area contributed by atoms with Crippen LogP contribution in [-0.2, 0) is 19.6 Å². The van der Waals surface area contributed by atoms with Gasteiger partial charge in [-0.15, -0.1) is 0 Å². The fourth-order valence-electron chi connectivity index (χ4n) is 3.39. The van der Waals surface area contributed by atoms with E-state index in [1.807, 2.05) is 12.1 Å². The number of hydrogen-bond acceptors (Lipinski definition) is 3. The van der Waals surface area contributed by atoms with Crippen molar-refractivity contribution < 1.29 is 9.47 Å². The van der Waals surface area contributed by atoms with E-state index in [0.29, 0.717) is 12.6 Å². The van der Waals surface area contributed by atoms with E-state index in [1.54, 1.807) is 7.11 Å². The Balaban J connectivity index is 1.57. The molecule has 3 nitrogen and oxygen atoms in total. The molecular weight excluding hydrogens is 438 g/mol. The molecule has 4 heteroatoms. The molecule has 0 radical (unpaired) electrons. The van der Waals surface area contributed by atoms with Crippen molar-refractivity contribution in [2.45, 2.75) is 45.9 Å². The fourth-order valence-corrected chi connectivity index (χ4v) is 4.00. The van der Waals surface area contributed by atoms with E-state index in [4.69, 9.17) is 9.47 Å². The van der Waals surface area contributed by atoms with Gasteiger partial charge in [0.1, 0.15) is 6.61 Å². The first kappa shape index (κ1) is 22.4. The van der Waals surface area contributed by atoms with Gasteiger partial charge in [0.15, 0.2) is 11.5 Å². The maximum Gasteiger partial charge on any atom is 0.175 e. The van der Waals surface area contributed by atoms with Crippen LogP contribution in [0.15, 0.2) is 71.2 Å². The molecule has 3 aromatic rings. The van der Waals surface area contributed by atoms with Gasteiger partial charge in [-0.25, -0.2) is 0 Å². The molecule has 158 valence electrons. The van der Waals surface area contributed by atoms with Crippen molar-refractivity contribution in [2.24, 2.45) is 0 Å². The Morgan fingerprint density at radius 1 is 0.933 bits per heavy atom. The second-order valence-electron chi connectivity index (χ2n) is 7.69. The first-order chi connectivity index (χ1) is 14.5. The number of aryl methyl sites for hydroxylation is 2. The van der Waals surface area contributed by atoms with E-state index in [2.05, 4.69) is 89.7 Å². The lowest BCUT2D eigenvalue weighted by Crippen LogP contribution is -2.26. The number of methoxy groups -OCH3 is 1. The van der Waals surface area contributed by atoms with Gasteiger partial charge in [0.05, 0.1) is 11.6 Å². The van der Waals surface area contributed by atoms with Crippen molar-refractivity contribution in [1.29, 1.82) is 0 Å².